The molecule has 0 saturated heterocycles. The molecular formula is C17H23NOS. The Bertz CT molecular complexity index is 461. The van der Waals surface area contributed by atoms with Crippen molar-refractivity contribution in [3.05, 3.63) is 35.9 Å². The predicted molar refractivity (Wildman–Crippen MR) is 84.6 cm³/mol. The first kappa shape index (κ1) is 14.0. The second kappa shape index (κ2) is 6.21. The molecule has 0 spiro atoms. The maximum atomic E-state index is 12.3. The highest BCUT2D eigenvalue weighted by Gasteiger charge is 2.40. The standard InChI is InChI=1S/C17H23NOS/c1-12(20-11-13-5-3-2-4-6-13)17(19)18-16-10-14-7-8-15(16)9-14/h2-6,12,14-16H,7-11H2,1H3,(H,18,19)/t12-,14+,15+,16-/m0/s1. The van der Waals surface area contributed by atoms with Gasteiger partial charge in [-0.15, -0.1) is 11.8 Å². The van der Waals surface area contributed by atoms with Crippen LogP contribution in [0.25, 0.3) is 0 Å². The molecule has 2 nitrogen and oxygen atoms in total. The van der Waals surface area contributed by atoms with E-state index in [2.05, 4.69) is 29.6 Å². The van der Waals surface area contributed by atoms with Crippen LogP contribution in [0.15, 0.2) is 30.3 Å². The highest BCUT2D eigenvalue weighted by atomic mass is 32.2. The second-order valence-electron chi connectivity index (χ2n) is 6.23. The highest BCUT2D eigenvalue weighted by molar-refractivity contribution is 7.99. The highest BCUT2D eigenvalue weighted by Crippen LogP contribution is 2.44. The summed E-state index contributed by atoms with van der Waals surface area (Å²) in [6.45, 7) is 2.02. The van der Waals surface area contributed by atoms with Crippen LogP contribution in [-0.2, 0) is 10.5 Å². The van der Waals surface area contributed by atoms with Crippen molar-refractivity contribution in [2.45, 2.75) is 49.7 Å². The van der Waals surface area contributed by atoms with Gasteiger partial charge in [0, 0.05) is 11.8 Å². The molecule has 1 aromatic rings. The van der Waals surface area contributed by atoms with Crippen molar-refractivity contribution in [2.75, 3.05) is 0 Å². The monoisotopic (exact) mass is 289 g/mol. The summed E-state index contributed by atoms with van der Waals surface area (Å²) in [5.74, 6) is 2.78. The van der Waals surface area contributed by atoms with Gasteiger partial charge in [-0.25, -0.2) is 0 Å². The second-order valence-corrected chi connectivity index (χ2v) is 7.56. The van der Waals surface area contributed by atoms with Gasteiger partial charge in [0.05, 0.1) is 5.25 Å². The van der Waals surface area contributed by atoms with Crippen LogP contribution < -0.4 is 5.32 Å². The fourth-order valence-corrected chi connectivity index (χ4v) is 4.45. The summed E-state index contributed by atoms with van der Waals surface area (Å²) in [6, 6.07) is 10.8. The number of carbonyl (C=O) groups is 1. The fourth-order valence-electron chi connectivity index (χ4n) is 3.59. The van der Waals surface area contributed by atoms with Gasteiger partial charge in [-0.3, -0.25) is 4.79 Å². The van der Waals surface area contributed by atoms with Crippen LogP contribution in [0.5, 0.6) is 0 Å². The molecule has 2 aliphatic rings. The zero-order valence-corrected chi connectivity index (χ0v) is 12.9. The number of thioether (sulfide) groups is 1. The molecule has 0 aromatic heterocycles. The van der Waals surface area contributed by atoms with Gasteiger partial charge in [-0.1, -0.05) is 36.8 Å². The van der Waals surface area contributed by atoms with Gasteiger partial charge in [-0.2, -0.15) is 0 Å². The Morgan fingerprint density at radius 3 is 2.75 bits per heavy atom. The Hall–Kier alpha value is -0.960. The number of amides is 1. The molecular weight excluding hydrogens is 266 g/mol. The van der Waals surface area contributed by atoms with Crippen molar-refractivity contribution < 1.29 is 4.79 Å². The van der Waals surface area contributed by atoms with Gasteiger partial charge in [-0.05, 0) is 43.6 Å². The molecule has 2 bridgehead atoms. The van der Waals surface area contributed by atoms with E-state index in [4.69, 9.17) is 0 Å². The van der Waals surface area contributed by atoms with E-state index >= 15 is 0 Å². The molecule has 1 amide bonds. The smallest absolute Gasteiger partial charge is 0.233 e. The Morgan fingerprint density at radius 1 is 1.30 bits per heavy atom. The molecule has 2 saturated carbocycles. The zero-order chi connectivity index (χ0) is 13.9. The number of fused-ring (bicyclic) bond motifs is 2. The quantitative estimate of drug-likeness (QED) is 0.897. The lowest BCUT2D eigenvalue weighted by molar-refractivity contribution is -0.121. The van der Waals surface area contributed by atoms with E-state index in [1.807, 2.05) is 13.0 Å². The first-order valence-electron chi connectivity index (χ1n) is 7.68. The molecule has 20 heavy (non-hydrogen) atoms. The average molecular weight is 289 g/mol. The van der Waals surface area contributed by atoms with Crippen molar-refractivity contribution in [1.29, 1.82) is 0 Å². The van der Waals surface area contributed by atoms with Crippen LogP contribution in [0.3, 0.4) is 0 Å². The third kappa shape index (κ3) is 3.20. The van der Waals surface area contributed by atoms with Gasteiger partial charge < -0.3 is 5.32 Å². The zero-order valence-electron chi connectivity index (χ0n) is 12.0. The summed E-state index contributed by atoms with van der Waals surface area (Å²) in [6.07, 6.45) is 5.26. The molecule has 0 unspecified atom stereocenters. The molecule has 3 heteroatoms. The van der Waals surface area contributed by atoms with Crippen molar-refractivity contribution in [3.63, 3.8) is 0 Å². The Kier molecular flexibility index (Phi) is 4.35. The lowest BCUT2D eigenvalue weighted by Gasteiger charge is -2.24. The number of nitrogens with one attached hydrogen (secondary N) is 1. The normalized spacial score (nSPS) is 29.4. The minimum atomic E-state index is 0.0364. The van der Waals surface area contributed by atoms with Crippen LogP contribution in [0, 0.1) is 11.8 Å². The molecule has 1 N–H and O–H groups in total. The number of carbonyl (C=O) groups excluding carboxylic acids is 1. The largest absolute Gasteiger partial charge is 0.352 e. The molecule has 2 fully saturated rings. The summed E-state index contributed by atoms with van der Waals surface area (Å²) in [5, 5.41) is 3.32. The van der Waals surface area contributed by atoms with Crippen LogP contribution in [-0.4, -0.2) is 17.2 Å². The van der Waals surface area contributed by atoms with Crippen molar-refractivity contribution in [2.24, 2.45) is 11.8 Å². The fraction of sp³-hybridized carbons (Fsp3) is 0.588. The molecule has 0 aliphatic heterocycles. The number of hydrogen-bond donors (Lipinski definition) is 1. The molecule has 4 atom stereocenters. The van der Waals surface area contributed by atoms with Gasteiger partial charge in [0.2, 0.25) is 5.91 Å². The van der Waals surface area contributed by atoms with Crippen LogP contribution in [0.2, 0.25) is 0 Å². The van der Waals surface area contributed by atoms with E-state index in [1.54, 1.807) is 11.8 Å². The Morgan fingerprint density at radius 2 is 2.10 bits per heavy atom. The molecule has 1 aromatic carbocycles. The summed E-state index contributed by atoms with van der Waals surface area (Å²) in [7, 11) is 0. The molecule has 3 rings (SSSR count). The average Bonchev–Trinajstić information content (AvgIpc) is 3.08. The van der Waals surface area contributed by atoms with E-state index in [1.165, 1.54) is 31.2 Å². The molecule has 2 aliphatic carbocycles. The van der Waals surface area contributed by atoms with Crippen LogP contribution in [0.4, 0.5) is 0 Å². The van der Waals surface area contributed by atoms with E-state index in [0.717, 1.165) is 17.6 Å². The van der Waals surface area contributed by atoms with Crippen LogP contribution in [0.1, 0.15) is 38.2 Å². The summed E-state index contributed by atoms with van der Waals surface area (Å²) >= 11 is 1.73. The third-order valence-corrected chi connectivity index (χ3v) is 5.99. The topological polar surface area (TPSA) is 29.1 Å². The minimum absolute atomic E-state index is 0.0364. The summed E-state index contributed by atoms with van der Waals surface area (Å²) < 4.78 is 0. The molecule has 108 valence electrons. The summed E-state index contributed by atoms with van der Waals surface area (Å²) in [4.78, 5) is 12.3. The minimum Gasteiger partial charge on any atom is -0.352 e. The van der Waals surface area contributed by atoms with Gasteiger partial charge in [0.1, 0.15) is 0 Å². The van der Waals surface area contributed by atoms with E-state index in [9.17, 15) is 4.79 Å². The van der Waals surface area contributed by atoms with Gasteiger partial charge in [0.25, 0.3) is 0 Å². The van der Waals surface area contributed by atoms with Crippen LogP contribution >= 0.6 is 11.8 Å². The lowest BCUT2D eigenvalue weighted by atomic mass is 9.95. The first-order valence-corrected chi connectivity index (χ1v) is 8.73. The lowest BCUT2D eigenvalue weighted by Crippen LogP contribution is -2.42. The maximum Gasteiger partial charge on any atom is 0.233 e. The van der Waals surface area contributed by atoms with Crippen molar-refractivity contribution >= 4 is 17.7 Å². The predicted octanol–water partition coefficient (Wildman–Crippen LogP) is 3.61. The van der Waals surface area contributed by atoms with E-state index in [-0.39, 0.29) is 11.2 Å². The number of hydrogen-bond acceptors (Lipinski definition) is 2. The molecule has 0 heterocycles. The van der Waals surface area contributed by atoms with Crippen molar-refractivity contribution in [3.8, 4) is 0 Å². The van der Waals surface area contributed by atoms with E-state index in [0.29, 0.717) is 6.04 Å². The maximum absolute atomic E-state index is 12.3. The van der Waals surface area contributed by atoms with Gasteiger partial charge >= 0.3 is 0 Å². The number of benzene rings is 1. The molecule has 0 radical (unpaired) electrons. The first-order chi connectivity index (χ1) is 9.72. The Labute approximate surface area is 125 Å². The van der Waals surface area contributed by atoms with E-state index < -0.39 is 0 Å². The SMILES string of the molecule is C[C@H](SCc1ccccc1)C(=O)N[C@H]1C[C@@H]2CC[C@@H]1C2. The summed E-state index contributed by atoms with van der Waals surface area (Å²) in [5.41, 5.74) is 1.29. The van der Waals surface area contributed by atoms with Crippen molar-refractivity contribution in [1.82, 2.24) is 5.32 Å². The third-order valence-electron chi connectivity index (χ3n) is 4.78. The Balaban J connectivity index is 1.45. The number of rotatable bonds is 5. The van der Waals surface area contributed by atoms with Gasteiger partial charge in [0.15, 0.2) is 0 Å².